The molecule has 3 aliphatic carbocycles. The second kappa shape index (κ2) is 4.38. The second-order valence-electron chi connectivity index (χ2n) is 7.13. The molecule has 20 heavy (non-hydrogen) atoms. The van der Waals surface area contributed by atoms with Gasteiger partial charge in [-0.05, 0) is 78.7 Å². The maximum atomic E-state index is 5.39. The summed E-state index contributed by atoms with van der Waals surface area (Å²) in [5.41, 5.74) is 7.15. The van der Waals surface area contributed by atoms with Crippen LogP contribution in [0.5, 0.6) is 5.75 Å². The molecule has 1 unspecified atom stereocenters. The van der Waals surface area contributed by atoms with E-state index in [2.05, 4.69) is 25.1 Å². The lowest BCUT2D eigenvalue weighted by atomic mass is 9.63. The maximum Gasteiger partial charge on any atom is 0.119 e. The molecule has 0 aliphatic heterocycles. The number of fused-ring (bicyclic) bond motifs is 4. The fourth-order valence-corrected chi connectivity index (χ4v) is 5.01. The highest BCUT2D eigenvalue weighted by Gasteiger charge is 2.44. The lowest BCUT2D eigenvalue weighted by molar-refractivity contribution is 0.226. The zero-order valence-electron chi connectivity index (χ0n) is 12.7. The van der Waals surface area contributed by atoms with Crippen LogP contribution < -0.4 is 4.74 Å². The lowest BCUT2D eigenvalue weighted by Crippen LogP contribution is -2.29. The summed E-state index contributed by atoms with van der Waals surface area (Å²) in [5.74, 6) is 1.89. The molecular weight excluding hydrogens is 244 g/mol. The molecule has 0 N–H and O–H groups in total. The van der Waals surface area contributed by atoms with E-state index in [1.54, 1.807) is 12.7 Å². The van der Waals surface area contributed by atoms with Gasteiger partial charge < -0.3 is 4.74 Å². The highest BCUT2D eigenvalue weighted by molar-refractivity contribution is 5.75. The highest BCUT2D eigenvalue weighted by atomic mass is 16.5. The molecule has 106 valence electrons. The molecule has 3 aliphatic rings. The van der Waals surface area contributed by atoms with Crippen molar-refractivity contribution in [2.24, 2.45) is 11.3 Å². The number of rotatable bonds is 1. The Kier molecular flexibility index (Phi) is 2.73. The minimum atomic E-state index is 0.614. The predicted octanol–water partition coefficient (Wildman–Crippen LogP) is 5.00. The first kappa shape index (κ1) is 12.5. The predicted molar refractivity (Wildman–Crippen MR) is 82.9 cm³/mol. The van der Waals surface area contributed by atoms with Crippen LogP contribution in [0.1, 0.15) is 56.6 Å². The topological polar surface area (TPSA) is 9.23 Å². The molecule has 4 rings (SSSR count). The molecular formula is C19H24O. The van der Waals surface area contributed by atoms with Gasteiger partial charge in [0.2, 0.25) is 0 Å². The van der Waals surface area contributed by atoms with E-state index in [9.17, 15) is 0 Å². The molecule has 1 aromatic carbocycles. The molecule has 0 bridgehead atoms. The van der Waals surface area contributed by atoms with Crippen LogP contribution in [0.2, 0.25) is 0 Å². The zero-order valence-corrected chi connectivity index (χ0v) is 12.7. The van der Waals surface area contributed by atoms with E-state index in [1.807, 2.05) is 5.57 Å². The van der Waals surface area contributed by atoms with Crippen LogP contribution in [0, 0.1) is 11.3 Å². The van der Waals surface area contributed by atoms with E-state index in [0.717, 1.165) is 11.7 Å². The third-order valence-corrected chi connectivity index (χ3v) is 6.14. The number of ether oxygens (including phenoxy) is 1. The Labute approximate surface area is 122 Å². The molecule has 1 nitrogen and oxygen atoms in total. The van der Waals surface area contributed by atoms with Crippen molar-refractivity contribution in [1.82, 2.24) is 0 Å². The van der Waals surface area contributed by atoms with Crippen molar-refractivity contribution >= 4 is 5.57 Å². The van der Waals surface area contributed by atoms with Gasteiger partial charge in [0.1, 0.15) is 5.75 Å². The van der Waals surface area contributed by atoms with Crippen molar-refractivity contribution < 1.29 is 4.74 Å². The Morgan fingerprint density at radius 2 is 2.05 bits per heavy atom. The molecule has 1 fully saturated rings. The fraction of sp³-hybridized carbons (Fsp3) is 0.579. The first-order valence-corrected chi connectivity index (χ1v) is 8.10. The molecule has 0 spiro atoms. The average molecular weight is 268 g/mol. The van der Waals surface area contributed by atoms with E-state index in [0.29, 0.717) is 5.41 Å². The van der Waals surface area contributed by atoms with Gasteiger partial charge in [-0.1, -0.05) is 25.0 Å². The second-order valence-corrected chi connectivity index (χ2v) is 7.13. The molecule has 0 aromatic heterocycles. The largest absolute Gasteiger partial charge is 0.497 e. The first-order chi connectivity index (χ1) is 9.71. The van der Waals surface area contributed by atoms with Crippen LogP contribution >= 0.6 is 0 Å². The van der Waals surface area contributed by atoms with Crippen LogP contribution in [-0.2, 0) is 6.42 Å². The Bertz CT molecular complexity index is 583. The van der Waals surface area contributed by atoms with Crippen LogP contribution in [-0.4, -0.2) is 7.11 Å². The van der Waals surface area contributed by atoms with E-state index < -0.39 is 0 Å². The van der Waals surface area contributed by atoms with Crippen molar-refractivity contribution in [2.75, 3.05) is 7.11 Å². The summed E-state index contributed by atoms with van der Waals surface area (Å²) < 4.78 is 5.39. The summed E-state index contributed by atoms with van der Waals surface area (Å²) >= 11 is 0. The van der Waals surface area contributed by atoms with Gasteiger partial charge in [-0.2, -0.15) is 0 Å². The van der Waals surface area contributed by atoms with E-state index in [-0.39, 0.29) is 0 Å². The summed E-state index contributed by atoms with van der Waals surface area (Å²) in [6.45, 7) is 2.54. The molecule has 0 radical (unpaired) electrons. The van der Waals surface area contributed by atoms with Crippen LogP contribution in [0.15, 0.2) is 23.8 Å². The summed E-state index contributed by atoms with van der Waals surface area (Å²) in [6, 6.07) is 6.69. The Hall–Kier alpha value is -1.24. The van der Waals surface area contributed by atoms with Gasteiger partial charge in [0.25, 0.3) is 0 Å². The van der Waals surface area contributed by atoms with E-state index >= 15 is 0 Å². The molecule has 0 amide bonds. The average Bonchev–Trinajstić information content (AvgIpc) is 2.88. The fourth-order valence-electron chi connectivity index (χ4n) is 5.01. The van der Waals surface area contributed by atoms with E-state index in [1.165, 1.54) is 56.1 Å². The summed E-state index contributed by atoms with van der Waals surface area (Å²) in [5, 5.41) is 0. The standard InChI is InChI=1S/C19H24O/c1-19-10-3-4-18(19)17-7-5-13-12-14(20-2)6-8-15(13)16(17)9-11-19/h6,8,12,18H,3-5,7,9-11H2,1-2H3/t18?,19-/m1/s1. The molecule has 0 saturated heterocycles. The SMILES string of the molecule is COc1ccc2c(c1)CCC1=C2CC[C@@]2(C)CCCC12. The molecule has 0 heterocycles. The van der Waals surface area contributed by atoms with Crippen molar-refractivity contribution in [1.29, 1.82) is 0 Å². The molecule has 1 aromatic rings. The monoisotopic (exact) mass is 268 g/mol. The van der Waals surface area contributed by atoms with Crippen LogP contribution in [0.4, 0.5) is 0 Å². The number of aryl methyl sites for hydroxylation is 1. The van der Waals surface area contributed by atoms with E-state index in [4.69, 9.17) is 4.74 Å². The number of allylic oxidation sites excluding steroid dienone is 2. The van der Waals surface area contributed by atoms with Crippen LogP contribution in [0.25, 0.3) is 5.57 Å². The Morgan fingerprint density at radius 1 is 1.15 bits per heavy atom. The molecule has 1 heteroatoms. The lowest BCUT2D eigenvalue weighted by Gasteiger charge is -2.42. The molecule has 1 saturated carbocycles. The number of hydrogen-bond donors (Lipinski definition) is 0. The normalized spacial score (nSPS) is 31.6. The van der Waals surface area contributed by atoms with Gasteiger partial charge in [-0.15, -0.1) is 0 Å². The minimum Gasteiger partial charge on any atom is -0.497 e. The van der Waals surface area contributed by atoms with Gasteiger partial charge in [0.05, 0.1) is 7.11 Å². The van der Waals surface area contributed by atoms with Gasteiger partial charge in [0.15, 0.2) is 0 Å². The molecule has 2 atom stereocenters. The Morgan fingerprint density at radius 3 is 2.90 bits per heavy atom. The van der Waals surface area contributed by atoms with Gasteiger partial charge >= 0.3 is 0 Å². The van der Waals surface area contributed by atoms with Gasteiger partial charge in [-0.3, -0.25) is 0 Å². The van der Waals surface area contributed by atoms with Gasteiger partial charge in [-0.25, -0.2) is 0 Å². The van der Waals surface area contributed by atoms with Crippen molar-refractivity contribution in [2.45, 2.75) is 51.9 Å². The minimum absolute atomic E-state index is 0.614. The number of methoxy groups -OCH3 is 1. The Balaban J connectivity index is 1.80. The quantitative estimate of drug-likeness (QED) is 0.697. The van der Waals surface area contributed by atoms with Crippen molar-refractivity contribution in [3.63, 3.8) is 0 Å². The summed E-state index contributed by atoms with van der Waals surface area (Å²) in [6.07, 6.45) is 9.50. The first-order valence-electron chi connectivity index (χ1n) is 8.10. The highest BCUT2D eigenvalue weighted by Crippen LogP contribution is 2.57. The summed E-state index contributed by atoms with van der Waals surface area (Å²) in [4.78, 5) is 0. The third-order valence-electron chi connectivity index (χ3n) is 6.14. The van der Waals surface area contributed by atoms with Crippen molar-refractivity contribution in [3.8, 4) is 5.75 Å². The summed E-state index contributed by atoms with van der Waals surface area (Å²) in [7, 11) is 1.76. The zero-order chi connectivity index (χ0) is 13.7. The van der Waals surface area contributed by atoms with Crippen LogP contribution in [0.3, 0.4) is 0 Å². The third kappa shape index (κ3) is 1.68. The van der Waals surface area contributed by atoms with Gasteiger partial charge in [0, 0.05) is 0 Å². The smallest absolute Gasteiger partial charge is 0.119 e. The maximum absolute atomic E-state index is 5.39. The van der Waals surface area contributed by atoms with Crippen molar-refractivity contribution in [3.05, 3.63) is 34.9 Å². The number of benzene rings is 1. The number of hydrogen-bond acceptors (Lipinski definition) is 1.